The standard InChI is InChI=1S/C22H27N3O2/c23-13-14-24-21(26)19-12-7-15-25(16-19)22(27)20(17-8-3-1-4-9-17)18-10-5-2-6-11-18/h1-6,8-11,19-20H,7,12-16,23H2,(H,24,26). The van der Waals surface area contributed by atoms with Crippen LogP contribution in [0.25, 0.3) is 0 Å². The zero-order valence-corrected chi connectivity index (χ0v) is 15.5. The van der Waals surface area contributed by atoms with Crippen molar-refractivity contribution in [1.29, 1.82) is 0 Å². The molecule has 142 valence electrons. The molecule has 3 rings (SSSR count). The predicted molar refractivity (Wildman–Crippen MR) is 106 cm³/mol. The highest BCUT2D eigenvalue weighted by Crippen LogP contribution is 2.29. The second-order valence-electron chi connectivity index (χ2n) is 6.96. The summed E-state index contributed by atoms with van der Waals surface area (Å²) in [5, 5.41) is 2.85. The smallest absolute Gasteiger partial charge is 0.234 e. The molecule has 0 aliphatic carbocycles. The number of piperidine rings is 1. The highest BCUT2D eigenvalue weighted by atomic mass is 16.2. The molecule has 3 N–H and O–H groups in total. The molecule has 0 bridgehead atoms. The largest absolute Gasteiger partial charge is 0.355 e. The zero-order chi connectivity index (χ0) is 19.1. The summed E-state index contributed by atoms with van der Waals surface area (Å²) in [5.74, 6) is -0.461. The summed E-state index contributed by atoms with van der Waals surface area (Å²) >= 11 is 0. The topological polar surface area (TPSA) is 75.4 Å². The first kappa shape index (κ1) is 19.1. The van der Waals surface area contributed by atoms with Gasteiger partial charge in [0.1, 0.15) is 0 Å². The fraction of sp³-hybridized carbons (Fsp3) is 0.364. The third-order valence-electron chi connectivity index (χ3n) is 5.06. The van der Waals surface area contributed by atoms with E-state index >= 15 is 0 Å². The van der Waals surface area contributed by atoms with Crippen molar-refractivity contribution in [3.8, 4) is 0 Å². The SMILES string of the molecule is NCCNC(=O)C1CCCN(C(=O)C(c2ccccc2)c2ccccc2)C1. The van der Waals surface area contributed by atoms with Crippen molar-refractivity contribution >= 4 is 11.8 Å². The molecule has 0 radical (unpaired) electrons. The van der Waals surface area contributed by atoms with Crippen molar-refractivity contribution in [2.75, 3.05) is 26.2 Å². The lowest BCUT2D eigenvalue weighted by Crippen LogP contribution is -2.47. The van der Waals surface area contributed by atoms with Gasteiger partial charge in [-0.25, -0.2) is 0 Å². The lowest BCUT2D eigenvalue weighted by molar-refractivity contribution is -0.136. The number of rotatable bonds is 6. The van der Waals surface area contributed by atoms with Gasteiger partial charge in [0, 0.05) is 26.2 Å². The van der Waals surface area contributed by atoms with E-state index in [1.807, 2.05) is 65.6 Å². The first-order valence-corrected chi connectivity index (χ1v) is 9.57. The first-order valence-electron chi connectivity index (χ1n) is 9.57. The van der Waals surface area contributed by atoms with Gasteiger partial charge < -0.3 is 16.0 Å². The van der Waals surface area contributed by atoms with Crippen molar-refractivity contribution in [2.24, 2.45) is 11.7 Å². The van der Waals surface area contributed by atoms with Crippen LogP contribution in [-0.2, 0) is 9.59 Å². The van der Waals surface area contributed by atoms with E-state index in [0.29, 0.717) is 26.2 Å². The van der Waals surface area contributed by atoms with E-state index in [0.717, 1.165) is 24.0 Å². The molecule has 1 atom stereocenters. The Kier molecular flexibility index (Phi) is 6.60. The Bertz CT molecular complexity index is 709. The number of likely N-dealkylation sites (tertiary alicyclic amines) is 1. The monoisotopic (exact) mass is 365 g/mol. The van der Waals surface area contributed by atoms with E-state index in [1.165, 1.54) is 0 Å². The maximum absolute atomic E-state index is 13.5. The average Bonchev–Trinajstić information content (AvgIpc) is 2.74. The van der Waals surface area contributed by atoms with E-state index < -0.39 is 0 Å². The number of benzene rings is 2. The van der Waals surface area contributed by atoms with Crippen LogP contribution in [0.15, 0.2) is 60.7 Å². The van der Waals surface area contributed by atoms with Gasteiger partial charge in [-0.05, 0) is 24.0 Å². The molecule has 5 heteroatoms. The van der Waals surface area contributed by atoms with E-state index in [1.54, 1.807) is 0 Å². The lowest BCUT2D eigenvalue weighted by atomic mass is 9.88. The summed E-state index contributed by atoms with van der Waals surface area (Å²) in [6.45, 7) is 2.05. The van der Waals surface area contributed by atoms with E-state index in [9.17, 15) is 9.59 Å². The number of carbonyl (C=O) groups is 2. The Morgan fingerprint density at radius 1 is 1.04 bits per heavy atom. The normalized spacial score (nSPS) is 17.0. The summed E-state index contributed by atoms with van der Waals surface area (Å²) in [7, 11) is 0. The van der Waals surface area contributed by atoms with Crippen molar-refractivity contribution in [3.63, 3.8) is 0 Å². The van der Waals surface area contributed by atoms with Crippen molar-refractivity contribution < 1.29 is 9.59 Å². The predicted octanol–water partition coefficient (Wildman–Crippen LogP) is 2.13. The Morgan fingerprint density at radius 2 is 1.63 bits per heavy atom. The molecule has 1 heterocycles. The molecular formula is C22H27N3O2. The van der Waals surface area contributed by atoms with Gasteiger partial charge in [-0.3, -0.25) is 9.59 Å². The second-order valence-corrected chi connectivity index (χ2v) is 6.96. The zero-order valence-electron chi connectivity index (χ0n) is 15.5. The third-order valence-corrected chi connectivity index (χ3v) is 5.06. The van der Waals surface area contributed by atoms with Crippen LogP contribution in [0.2, 0.25) is 0 Å². The van der Waals surface area contributed by atoms with Crippen LogP contribution in [0, 0.1) is 5.92 Å². The van der Waals surface area contributed by atoms with Crippen LogP contribution in [0.3, 0.4) is 0 Å². The van der Waals surface area contributed by atoms with Gasteiger partial charge in [0.2, 0.25) is 11.8 Å². The van der Waals surface area contributed by atoms with Gasteiger partial charge in [0.05, 0.1) is 11.8 Å². The fourth-order valence-corrected chi connectivity index (χ4v) is 3.68. The third kappa shape index (κ3) is 4.74. The van der Waals surface area contributed by atoms with Crippen LogP contribution < -0.4 is 11.1 Å². The van der Waals surface area contributed by atoms with Crippen LogP contribution in [0.1, 0.15) is 29.9 Å². The van der Waals surface area contributed by atoms with Gasteiger partial charge in [-0.2, -0.15) is 0 Å². The molecule has 1 aliphatic rings. The van der Waals surface area contributed by atoms with Crippen LogP contribution in [-0.4, -0.2) is 42.9 Å². The number of nitrogens with one attached hydrogen (secondary N) is 1. The van der Waals surface area contributed by atoms with E-state index in [-0.39, 0.29) is 23.7 Å². The highest BCUT2D eigenvalue weighted by Gasteiger charge is 2.33. The fourth-order valence-electron chi connectivity index (χ4n) is 3.68. The average molecular weight is 365 g/mol. The number of nitrogens with two attached hydrogens (primary N) is 1. The minimum absolute atomic E-state index is 0.00563. The molecule has 2 aromatic carbocycles. The molecule has 27 heavy (non-hydrogen) atoms. The minimum Gasteiger partial charge on any atom is -0.355 e. The number of carbonyl (C=O) groups excluding carboxylic acids is 2. The maximum atomic E-state index is 13.5. The molecule has 5 nitrogen and oxygen atoms in total. The van der Waals surface area contributed by atoms with Gasteiger partial charge in [0.15, 0.2) is 0 Å². The number of hydrogen-bond donors (Lipinski definition) is 2. The molecule has 0 saturated carbocycles. The Labute approximate surface area is 160 Å². The van der Waals surface area contributed by atoms with Gasteiger partial charge in [-0.1, -0.05) is 60.7 Å². The molecule has 0 spiro atoms. The summed E-state index contributed by atoms with van der Waals surface area (Å²) in [4.78, 5) is 27.6. The van der Waals surface area contributed by atoms with E-state index in [2.05, 4.69) is 5.32 Å². The number of hydrogen-bond acceptors (Lipinski definition) is 3. The molecule has 2 aromatic rings. The summed E-state index contributed by atoms with van der Waals surface area (Å²) < 4.78 is 0. The second kappa shape index (κ2) is 9.33. The number of amides is 2. The quantitative estimate of drug-likeness (QED) is 0.823. The summed E-state index contributed by atoms with van der Waals surface area (Å²) in [6, 6.07) is 19.7. The van der Waals surface area contributed by atoms with Gasteiger partial charge >= 0.3 is 0 Å². The molecular weight excluding hydrogens is 338 g/mol. The highest BCUT2D eigenvalue weighted by molar-refractivity contribution is 5.88. The Hall–Kier alpha value is -2.66. The molecule has 0 aromatic heterocycles. The minimum atomic E-state index is -0.349. The maximum Gasteiger partial charge on any atom is 0.234 e. The van der Waals surface area contributed by atoms with Crippen molar-refractivity contribution in [1.82, 2.24) is 10.2 Å². The van der Waals surface area contributed by atoms with E-state index in [4.69, 9.17) is 5.73 Å². The van der Waals surface area contributed by atoms with Crippen LogP contribution >= 0.6 is 0 Å². The summed E-state index contributed by atoms with van der Waals surface area (Å²) in [5.41, 5.74) is 7.42. The van der Waals surface area contributed by atoms with Gasteiger partial charge in [-0.15, -0.1) is 0 Å². The van der Waals surface area contributed by atoms with Crippen LogP contribution in [0.4, 0.5) is 0 Å². The Balaban J connectivity index is 1.81. The van der Waals surface area contributed by atoms with Crippen molar-refractivity contribution in [3.05, 3.63) is 71.8 Å². The van der Waals surface area contributed by atoms with Crippen molar-refractivity contribution in [2.45, 2.75) is 18.8 Å². The molecule has 1 aliphatic heterocycles. The lowest BCUT2D eigenvalue weighted by Gasteiger charge is -2.34. The molecule has 1 saturated heterocycles. The first-order chi connectivity index (χ1) is 13.2. The Morgan fingerprint density at radius 3 is 2.19 bits per heavy atom. The van der Waals surface area contributed by atoms with Gasteiger partial charge in [0.25, 0.3) is 0 Å². The number of nitrogens with zero attached hydrogens (tertiary/aromatic N) is 1. The molecule has 1 fully saturated rings. The summed E-state index contributed by atoms with van der Waals surface area (Å²) in [6.07, 6.45) is 1.64. The molecule has 2 amide bonds. The molecule has 1 unspecified atom stereocenters. The van der Waals surface area contributed by atoms with Crippen LogP contribution in [0.5, 0.6) is 0 Å².